The zero-order chi connectivity index (χ0) is 16.7. The van der Waals surface area contributed by atoms with Gasteiger partial charge in [-0.05, 0) is 40.5 Å². The number of carbonyl (C=O) groups excluding carboxylic acids is 1. The van der Waals surface area contributed by atoms with Gasteiger partial charge in [0.05, 0.1) is 4.47 Å². The van der Waals surface area contributed by atoms with Crippen molar-refractivity contribution in [1.29, 1.82) is 0 Å². The molecule has 4 nitrogen and oxygen atoms in total. The van der Waals surface area contributed by atoms with Crippen molar-refractivity contribution in [3.8, 4) is 0 Å². The van der Waals surface area contributed by atoms with Crippen LogP contribution in [0.15, 0.2) is 22.7 Å². The predicted molar refractivity (Wildman–Crippen MR) is 80.1 cm³/mol. The highest BCUT2D eigenvalue weighted by molar-refractivity contribution is 9.10. The number of hydrogen-bond acceptors (Lipinski definition) is 2. The summed E-state index contributed by atoms with van der Waals surface area (Å²) in [7, 11) is 1.26. The van der Waals surface area contributed by atoms with E-state index in [9.17, 15) is 18.0 Å². The number of alkyl halides is 3. The molecule has 0 atom stereocenters. The maximum absolute atomic E-state index is 12.8. The first-order valence-electron chi connectivity index (χ1n) is 5.98. The van der Waals surface area contributed by atoms with Crippen LogP contribution in [0, 0.1) is 6.92 Å². The lowest BCUT2D eigenvalue weighted by molar-refractivity contribution is -0.142. The SMILES string of the molecule is Cc1ccc(Cl)cc1NC(=O)c1c(Br)c(C(F)(F)F)nn1C. The van der Waals surface area contributed by atoms with E-state index in [1.54, 1.807) is 19.1 Å². The molecule has 2 aromatic rings. The van der Waals surface area contributed by atoms with Crippen molar-refractivity contribution in [2.75, 3.05) is 5.32 Å². The Labute approximate surface area is 137 Å². The number of anilines is 1. The molecular weight excluding hydrogens is 387 g/mol. The highest BCUT2D eigenvalue weighted by atomic mass is 79.9. The van der Waals surface area contributed by atoms with Gasteiger partial charge in [0.15, 0.2) is 5.69 Å². The van der Waals surface area contributed by atoms with Crippen LogP contribution >= 0.6 is 27.5 Å². The fourth-order valence-corrected chi connectivity index (χ4v) is 2.75. The van der Waals surface area contributed by atoms with Crippen LogP contribution in [0.4, 0.5) is 18.9 Å². The molecule has 1 aromatic heterocycles. The molecule has 22 heavy (non-hydrogen) atoms. The standard InChI is InChI=1S/C13H10BrClF3N3O/c1-6-3-4-7(15)5-8(6)19-12(22)10-9(14)11(13(16,17)18)20-21(10)2/h3-5H,1-2H3,(H,19,22). The van der Waals surface area contributed by atoms with E-state index in [0.717, 1.165) is 10.2 Å². The van der Waals surface area contributed by atoms with Crippen LogP contribution in [0.25, 0.3) is 0 Å². The topological polar surface area (TPSA) is 46.9 Å². The van der Waals surface area contributed by atoms with Crippen LogP contribution in [0.5, 0.6) is 0 Å². The van der Waals surface area contributed by atoms with Gasteiger partial charge in [0, 0.05) is 17.8 Å². The summed E-state index contributed by atoms with van der Waals surface area (Å²) in [4.78, 5) is 12.2. The zero-order valence-electron chi connectivity index (χ0n) is 11.4. The van der Waals surface area contributed by atoms with Gasteiger partial charge in [-0.2, -0.15) is 18.3 Å². The number of nitrogens with one attached hydrogen (secondary N) is 1. The minimum atomic E-state index is -4.65. The Morgan fingerprint density at radius 3 is 2.59 bits per heavy atom. The largest absolute Gasteiger partial charge is 0.436 e. The number of aromatic nitrogens is 2. The van der Waals surface area contributed by atoms with Gasteiger partial charge in [0.1, 0.15) is 5.69 Å². The fraction of sp³-hybridized carbons (Fsp3) is 0.231. The van der Waals surface area contributed by atoms with E-state index in [1.165, 1.54) is 13.1 Å². The molecular formula is C13H10BrClF3N3O. The van der Waals surface area contributed by atoms with Crippen LogP contribution in [0.2, 0.25) is 5.02 Å². The van der Waals surface area contributed by atoms with Gasteiger partial charge in [-0.3, -0.25) is 9.48 Å². The summed E-state index contributed by atoms with van der Waals surface area (Å²) in [6, 6.07) is 4.86. The molecule has 0 saturated heterocycles. The minimum absolute atomic E-state index is 0.230. The van der Waals surface area contributed by atoms with Crippen molar-refractivity contribution in [2.45, 2.75) is 13.1 Å². The monoisotopic (exact) mass is 395 g/mol. The molecule has 2 rings (SSSR count). The summed E-state index contributed by atoms with van der Waals surface area (Å²) in [5.74, 6) is -0.720. The van der Waals surface area contributed by atoms with E-state index >= 15 is 0 Å². The molecule has 0 saturated carbocycles. The third-order valence-corrected chi connectivity index (χ3v) is 3.91. The lowest BCUT2D eigenvalue weighted by Crippen LogP contribution is -2.17. The number of rotatable bonds is 2. The first kappa shape index (κ1) is 16.8. The third kappa shape index (κ3) is 3.27. The number of nitrogens with zero attached hydrogens (tertiary/aromatic N) is 2. The Morgan fingerprint density at radius 1 is 1.41 bits per heavy atom. The number of aryl methyl sites for hydroxylation is 2. The minimum Gasteiger partial charge on any atom is -0.320 e. The molecule has 9 heteroatoms. The van der Waals surface area contributed by atoms with E-state index in [0.29, 0.717) is 10.7 Å². The van der Waals surface area contributed by atoms with E-state index in [2.05, 4.69) is 26.3 Å². The summed E-state index contributed by atoms with van der Waals surface area (Å²) >= 11 is 8.64. The summed E-state index contributed by atoms with van der Waals surface area (Å²) in [6.07, 6.45) is -4.65. The van der Waals surface area contributed by atoms with Crippen LogP contribution in [0.1, 0.15) is 21.7 Å². The average molecular weight is 397 g/mol. The van der Waals surface area contributed by atoms with Crippen LogP contribution < -0.4 is 5.32 Å². The van der Waals surface area contributed by atoms with Crippen molar-refractivity contribution in [1.82, 2.24) is 9.78 Å². The van der Waals surface area contributed by atoms with Crippen molar-refractivity contribution >= 4 is 39.1 Å². The van der Waals surface area contributed by atoms with Gasteiger partial charge < -0.3 is 5.32 Å². The highest BCUT2D eigenvalue weighted by Gasteiger charge is 2.39. The fourth-order valence-electron chi connectivity index (χ4n) is 1.84. The molecule has 1 heterocycles. The Hall–Kier alpha value is -1.54. The van der Waals surface area contributed by atoms with Gasteiger partial charge in [-0.25, -0.2) is 0 Å². The normalized spacial score (nSPS) is 11.6. The molecule has 0 spiro atoms. The molecule has 0 unspecified atom stereocenters. The Bertz CT molecular complexity index is 743. The Balaban J connectivity index is 2.39. The maximum Gasteiger partial charge on any atom is 0.436 e. The van der Waals surface area contributed by atoms with Crippen molar-refractivity contribution in [3.05, 3.63) is 44.6 Å². The third-order valence-electron chi connectivity index (χ3n) is 2.92. The number of hydrogen-bond donors (Lipinski definition) is 1. The second-order valence-corrected chi connectivity index (χ2v) is 5.78. The van der Waals surface area contributed by atoms with Gasteiger partial charge in [-0.15, -0.1) is 0 Å². The van der Waals surface area contributed by atoms with Gasteiger partial charge >= 0.3 is 6.18 Å². The lowest BCUT2D eigenvalue weighted by atomic mass is 10.2. The Kier molecular flexibility index (Phi) is 4.53. The molecule has 0 aliphatic rings. The molecule has 0 aliphatic heterocycles. The summed E-state index contributed by atoms with van der Waals surface area (Å²) in [5, 5.41) is 6.28. The van der Waals surface area contributed by atoms with Crippen molar-refractivity contribution in [3.63, 3.8) is 0 Å². The summed E-state index contributed by atoms with van der Waals surface area (Å²) < 4.78 is 38.9. The van der Waals surface area contributed by atoms with E-state index in [1.807, 2.05) is 0 Å². The second-order valence-electron chi connectivity index (χ2n) is 4.55. The van der Waals surface area contributed by atoms with E-state index in [-0.39, 0.29) is 5.69 Å². The maximum atomic E-state index is 12.8. The van der Waals surface area contributed by atoms with Gasteiger partial charge in [-0.1, -0.05) is 17.7 Å². The first-order chi connectivity index (χ1) is 10.1. The molecule has 118 valence electrons. The molecule has 1 N–H and O–H groups in total. The van der Waals surface area contributed by atoms with E-state index in [4.69, 9.17) is 11.6 Å². The quantitative estimate of drug-likeness (QED) is 0.817. The number of benzene rings is 1. The van der Waals surface area contributed by atoms with Crippen molar-refractivity contribution in [2.24, 2.45) is 7.05 Å². The predicted octanol–water partition coefficient (Wildman–Crippen LogP) is 4.42. The smallest absolute Gasteiger partial charge is 0.320 e. The number of amides is 1. The lowest BCUT2D eigenvalue weighted by Gasteiger charge is -2.09. The van der Waals surface area contributed by atoms with Crippen molar-refractivity contribution < 1.29 is 18.0 Å². The van der Waals surface area contributed by atoms with Gasteiger partial charge in [0.2, 0.25) is 0 Å². The second kappa shape index (κ2) is 5.92. The number of carbonyl (C=O) groups is 1. The van der Waals surface area contributed by atoms with Crippen LogP contribution in [0.3, 0.4) is 0 Å². The number of halogens is 5. The molecule has 0 radical (unpaired) electrons. The van der Waals surface area contributed by atoms with Gasteiger partial charge in [0.25, 0.3) is 5.91 Å². The zero-order valence-corrected chi connectivity index (χ0v) is 13.8. The first-order valence-corrected chi connectivity index (χ1v) is 7.15. The molecule has 0 aliphatic carbocycles. The molecule has 0 bridgehead atoms. The van der Waals surface area contributed by atoms with E-state index < -0.39 is 22.3 Å². The molecule has 1 amide bonds. The molecule has 0 fully saturated rings. The molecule has 1 aromatic carbocycles. The van der Waals surface area contributed by atoms with Crippen LogP contribution in [-0.2, 0) is 13.2 Å². The highest BCUT2D eigenvalue weighted by Crippen LogP contribution is 2.35. The summed E-state index contributed by atoms with van der Waals surface area (Å²) in [5.41, 5.74) is -0.235. The average Bonchev–Trinajstić information content (AvgIpc) is 2.69. The Morgan fingerprint density at radius 2 is 2.05 bits per heavy atom. The summed E-state index contributed by atoms with van der Waals surface area (Å²) in [6.45, 7) is 1.74. The van der Waals surface area contributed by atoms with Crippen LogP contribution in [-0.4, -0.2) is 15.7 Å².